The van der Waals surface area contributed by atoms with E-state index in [1.54, 1.807) is 0 Å². The predicted molar refractivity (Wildman–Crippen MR) is 90.7 cm³/mol. The van der Waals surface area contributed by atoms with Crippen molar-refractivity contribution in [1.82, 2.24) is 10.2 Å². The molecular formula is C18H25BrN2. The Morgan fingerprint density at radius 1 is 1.05 bits per heavy atom. The Bertz CT molecular complexity index is 498. The van der Waals surface area contributed by atoms with Gasteiger partial charge in [-0.3, -0.25) is 4.90 Å². The molecule has 2 saturated heterocycles. The highest BCUT2D eigenvalue weighted by molar-refractivity contribution is 9.10. The fourth-order valence-corrected chi connectivity index (χ4v) is 5.17. The lowest BCUT2D eigenvalue weighted by Crippen LogP contribution is -2.51. The first-order valence-electron chi connectivity index (χ1n) is 8.56. The molecule has 3 heteroatoms. The van der Waals surface area contributed by atoms with Gasteiger partial charge in [-0.2, -0.15) is 0 Å². The van der Waals surface area contributed by atoms with Gasteiger partial charge in [0.1, 0.15) is 0 Å². The van der Waals surface area contributed by atoms with E-state index in [2.05, 4.69) is 50.4 Å². The van der Waals surface area contributed by atoms with Crippen molar-refractivity contribution >= 4 is 15.9 Å². The number of hydrogen-bond acceptors (Lipinski definition) is 2. The van der Waals surface area contributed by atoms with Crippen molar-refractivity contribution < 1.29 is 0 Å². The molecule has 1 aliphatic carbocycles. The molecule has 114 valence electrons. The Hall–Kier alpha value is -0.380. The van der Waals surface area contributed by atoms with Gasteiger partial charge in [-0.25, -0.2) is 0 Å². The third-order valence-electron chi connectivity index (χ3n) is 5.79. The topological polar surface area (TPSA) is 15.3 Å². The maximum atomic E-state index is 3.98. The van der Waals surface area contributed by atoms with Gasteiger partial charge in [-0.15, -0.1) is 0 Å². The maximum Gasteiger partial charge on any atom is 0.0249 e. The van der Waals surface area contributed by atoms with Gasteiger partial charge in [0.05, 0.1) is 0 Å². The molecule has 0 bridgehead atoms. The minimum atomic E-state index is 0.744. The summed E-state index contributed by atoms with van der Waals surface area (Å²) in [4.78, 5) is 2.73. The smallest absolute Gasteiger partial charge is 0.0249 e. The molecule has 2 nitrogen and oxygen atoms in total. The van der Waals surface area contributed by atoms with Crippen molar-refractivity contribution in [3.05, 3.63) is 34.3 Å². The second-order valence-corrected chi connectivity index (χ2v) is 7.90. The molecule has 21 heavy (non-hydrogen) atoms. The summed E-state index contributed by atoms with van der Waals surface area (Å²) < 4.78 is 1.28. The van der Waals surface area contributed by atoms with Gasteiger partial charge in [-0.1, -0.05) is 40.5 Å². The molecule has 2 atom stereocenters. The molecule has 3 fully saturated rings. The lowest BCUT2D eigenvalue weighted by Gasteiger charge is -2.41. The first-order chi connectivity index (χ1) is 10.3. The third kappa shape index (κ3) is 2.80. The minimum Gasteiger partial charge on any atom is -0.310 e. The van der Waals surface area contributed by atoms with Gasteiger partial charge in [0.2, 0.25) is 0 Å². The molecule has 2 aliphatic heterocycles. The van der Waals surface area contributed by atoms with E-state index in [-0.39, 0.29) is 0 Å². The Morgan fingerprint density at radius 2 is 1.90 bits per heavy atom. The molecule has 0 radical (unpaired) electrons. The van der Waals surface area contributed by atoms with Crippen molar-refractivity contribution in [2.24, 2.45) is 0 Å². The van der Waals surface area contributed by atoms with Gasteiger partial charge in [0.25, 0.3) is 0 Å². The van der Waals surface area contributed by atoms with Crippen LogP contribution in [0, 0.1) is 0 Å². The van der Waals surface area contributed by atoms with E-state index in [1.165, 1.54) is 61.7 Å². The minimum absolute atomic E-state index is 0.744. The molecule has 0 amide bonds. The molecule has 1 saturated carbocycles. The normalized spacial score (nSPS) is 36.2. The molecule has 2 unspecified atom stereocenters. The number of rotatable bonds is 3. The molecule has 4 rings (SSSR count). The largest absolute Gasteiger partial charge is 0.310 e. The summed E-state index contributed by atoms with van der Waals surface area (Å²) in [6.45, 7) is 2.66. The summed E-state index contributed by atoms with van der Waals surface area (Å²) in [6.07, 6.45) is 8.25. The van der Waals surface area contributed by atoms with E-state index in [9.17, 15) is 0 Å². The Labute approximate surface area is 136 Å². The quantitative estimate of drug-likeness (QED) is 0.890. The highest BCUT2D eigenvalue weighted by atomic mass is 79.9. The van der Waals surface area contributed by atoms with Crippen LogP contribution in [0.25, 0.3) is 0 Å². The Kier molecular flexibility index (Phi) is 4.08. The molecule has 1 aromatic rings. The van der Waals surface area contributed by atoms with Crippen LogP contribution in [-0.2, 0) is 0 Å². The number of benzene rings is 1. The zero-order chi connectivity index (χ0) is 14.2. The number of fused-ring (bicyclic) bond motifs is 1. The molecule has 2 heterocycles. The van der Waals surface area contributed by atoms with Gasteiger partial charge in [0.15, 0.2) is 0 Å². The number of halogens is 1. The van der Waals surface area contributed by atoms with Crippen LogP contribution in [0.15, 0.2) is 28.7 Å². The van der Waals surface area contributed by atoms with Crippen LogP contribution in [0.2, 0.25) is 0 Å². The van der Waals surface area contributed by atoms with Crippen molar-refractivity contribution in [1.29, 1.82) is 0 Å². The molecule has 0 spiro atoms. The number of hydrogen-bond donors (Lipinski definition) is 1. The molecular weight excluding hydrogens is 324 g/mol. The van der Waals surface area contributed by atoms with Crippen LogP contribution >= 0.6 is 15.9 Å². The Balaban J connectivity index is 1.32. The van der Waals surface area contributed by atoms with Crippen LogP contribution in [-0.4, -0.2) is 36.1 Å². The first-order valence-corrected chi connectivity index (χ1v) is 9.35. The summed E-state index contributed by atoms with van der Waals surface area (Å²) in [7, 11) is 0. The van der Waals surface area contributed by atoms with Gasteiger partial charge in [0, 0.05) is 29.1 Å². The van der Waals surface area contributed by atoms with Gasteiger partial charge in [-0.05, 0) is 56.2 Å². The standard InChI is InChI=1S/C18H25BrN2/c19-16-6-2-1-5-15(16)13-11-14(12-13)20-17-8-10-21-9-4-3-7-18(17)21/h1-2,5-6,13-14,17-18,20H,3-4,7-12H2. The van der Waals surface area contributed by atoms with E-state index in [0.29, 0.717) is 0 Å². The van der Waals surface area contributed by atoms with E-state index in [1.807, 2.05) is 0 Å². The number of nitrogens with one attached hydrogen (secondary N) is 1. The monoisotopic (exact) mass is 348 g/mol. The summed E-state index contributed by atoms with van der Waals surface area (Å²) in [5.41, 5.74) is 1.50. The van der Waals surface area contributed by atoms with Crippen LogP contribution < -0.4 is 5.32 Å². The summed E-state index contributed by atoms with van der Waals surface area (Å²) >= 11 is 3.70. The number of nitrogens with zero attached hydrogens (tertiary/aromatic N) is 1. The first kappa shape index (κ1) is 14.2. The zero-order valence-electron chi connectivity index (χ0n) is 12.6. The van der Waals surface area contributed by atoms with E-state index < -0.39 is 0 Å². The van der Waals surface area contributed by atoms with Crippen LogP contribution in [0.3, 0.4) is 0 Å². The fourth-order valence-electron chi connectivity index (χ4n) is 4.56. The summed E-state index contributed by atoms with van der Waals surface area (Å²) in [5.74, 6) is 0.752. The Morgan fingerprint density at radius 3 is 2.76 bits per heavy atom. The molecule has 1 aromatic carbocycles. The van der Waals surface area contributed by atoms with E-state index in [4.69, 9.17) is 0 Å². The van der Waals surface area contributed by atoms with E-state index >= 15 is 0 Å². The fraction of sp³-hybridized carbons (Fsp3) is 0.667. The number of piperidine rings is 1. The van der Waals surface area contributed by atoms with E-state index in [0.717, 1.165) is 24.0 Å². The second-order valence-electron chi connectivity index (χ2n) is 7.05. The van der Waals surface area contributed by atoms with Gasteiger partial charge < -0.3 is 5.32 Å². The van der Waals surface area contributed by atoms with Crippen LogP contribution in [0.4, 0.5) is 0 Å². The average Bonchev–Trinajstić information content (AvgIpc) is 2.87. The highest BCUT2D eigenvalue weighted by Gasteiger charge is 2.39. The van der Waals surface area contributed by atoms with Gasteiger partial charge >= 0.3 is 0 Å². The van der Waals surface area contributed by atoms with Crippen molar-refractivity contribution in [3.63, 3.8) is 0 Å². The maximum absolute atomic E-state index is 3.98. The van der Waals surface area contributed by atoms with Crippen LogP contribution in [0.5, 0.6) is 0 Å². The molecule has 0 aromatic heterocycles. The molecule has 3 aliphatic rings. The van der Waals surface area contributed by atoms with Crippen molar-refractivity contribution in [3.8, 4) is 0 Å². The van der Waals surface area contributed by atoms with Crippen LogP contribution in [0.1, 0.15) is 50.0 Å². The lowest BCUT2D eigenvalue weighted by atomic mass is 9.75. The second kappa shape index (κ2) is 6.02. The lowest BCUT2D eigenvalue weighted by molar-refractivity contribution is 0.164. The van der Waals surface area contributed by atoms with Crippen molar-refractivity contribution in [2.75, 3.05) is 13.1 Å². The average molecular weight is 349 g/mol. The summed E-state index contributed by atoms with van der Waals surface area (Å²) in [6, 6.07) is 11.1. The van der Waals surface area contributed by atoms with Crippen molar-refractivity contribution in [2.45, 2.75) is 62.6 Å². The molecule has 1 N–H and O–H groups in total. The summed E-state index contributed by atoms with van der Waals surface area (Å²) in [5, 5.41) is 3.98. The third-order valence-corrected chi connectivity index (χ3v) is 6.51. The zero-order valence-corrected chi connectivity index (χ0v) is 14.2. The predicted octanol–water partition coefficient (Wildman–Crippen LogP) is 3.91. The highest BCUT2D eigenvalue weighted by Crippen LogP contribution is 2.41. The SMILES string of the molecule is Brc1ccccc1C1CC(NC2CCN3CCCCC23)C1.